The van der Waals surface area contributed by atoms with Crippen LogP contribution in [-0.4, -0.2) is 80.5 Å². The fourth-order valence-corrected chi connectivity index (χ4v) is 8.37. The van der Waals surface area contributed by atoms with E-state index in [1.54, 1.807) is 6.33 Å². The van der Waals surface area contributed by atoms with Gasteiger partial charge in [-0.25, -0.2) is 15.0 Å². The summed E-state index contributed by atoms with van der Waals surface area (Å²) < 4.78 is 5.24. The number of imide groups is 1. The molecule has 322 valence electrons. The van der Waals surface area contributed by atoms with E-state index in [1.165, 1.54) is 5.69 Å². The van der Waals surface area contributed by atoms with Crippen molar-refractivity contribution in [2.75, 3.05) is 42.9 Å². The molecule has 2 aliphatic heterocycles. The van der Waals surface area contributed by atoms with Crippen LogP contribution < -0.4 is 26.2 Å². The van der Waals surface area contributed by atoms with Crippen LogP contribution in [0.1, 0.15) is 105 Å². The normalized spacial score (nSPS) is 16.7. The van der Waals surface area contributed by atoms with E-state index in [4.69, 9.17) is 4.52 Å². The number of pyridine rings is 1. The number of nitrogens with zero attached hydrogens (tertiary/aromatic N) is 6. The molecule has 0 spiro atoms. The molecule has 4 aromatic heterocycles. The highest BCUT2D eigenvalue weighted by Gasteiger charge is 2.29. The first-order chi connectivity index (χ1) is 29.9. The van der Waals surface area contributed by atoms with Crippen LogP contribution in [0.2, 0.25) is 0 Å². The quantitative estimate of drug-likeness (QED) is 0.0558. The molecule has 2 fully saturated rings. The van der Waals surface area contributed by atoms with Crippen molar-refractivity contribution < 1.29 is 18.9 Å². The fourth-order valence-electron chi connectivity index (χ4n) is 8.37. The molecule has 6 heterocycles. The monoisotopic (exact) mass is 837 g/mol. The van der Waals surface area contributed by atoms with Crippen LogP contribution in [-0.2, 0) is 15.0 Å². The number of aromatic amines is 1. The van der Waals surface area contributed by atoms with Crippen LogP contribution in [0.4, 0.5) is 11.5 Å². The number of H-pyrrole nitrogens is 1. The smallest absolute Gasteiger partial charge is 0.315 e. The Morgan fingerprint density at radius 1 is 0.935 bits per heavy atom. The second-order valence-corrected chi connectivity index (χ2v) is 17.5. The van der Waals surface area contributed by atoms with Crippen molar-refractivity contribution >= 4 is 40.3 Å². The maximum absolute atomic E-state index is 12.9. The van der Waals surface area contributed by atoms with Crippen molar-refractivity contribution in [1.82, 2.24) is 46.0 Å². The van der Waals surface area contributed by atoms with E-state index < -0.39 is 5.91 Å². The third-order valence-electron chi connectivity index (χ3n) is 12.0. The largest absolute Gasteiger partial charge is 0.372 e. The van der Waals surface area contributed by atoms with E-state index in [0.717, 1.165) is 108 Å². The number of carbonyl (C=O) groups excluding carboxylic acids is 3. The van der Waals surface area contributed by atoms with Crippen LogP contribution in [0.3, 0.4) is 0 Å². The molecule has 5 N–H and O–H groups in total. The first-order valence-corrected chi connectivity index (χ1v) is 21.6. The van der Waals surface area contributed by atoms with Gasteiger partial charge in [0.05, 0.1) is 17.7 Å². The molecule has 0 saturated carbocycles. The predicted molar refractivity (Wildman–Crippen MR) is 239 cm³/mol. The van der Waals surface area contributed by atoms with Gasteiger partial charge in [-0.2, -0.15) is 4.98 Å². The van der Waals surface area contributed by atoms with Crippen molar-refractivity contribution in [1.29, 1.82) is 0 Å². The second-order valence-electron chi connectivity index (χ2n) is 17.5. The Hall–Kier alpha value is -6.48. The highest BCUT2D eigenvalue weighted by Crippen LogP contribution is 2.33. The molecule has 2 aromatic carbocycles. The molecule has 15 nitrogen and oxygen atoms in total. The zero-order valence-corrected chi connectivity index (χ0v) is 36.0. The topological polar surface area (TPSA) is 196 Å². The lowest BCUT2D eigenvalue weighted by molar-refractivity contribution is -0.134. The number of piperidine rings is 2. The van der Waals surface area contributed by atoms with Crippen LogP contribution in [0.15, 0.2) is 77.7 Å². The van der Waals surface area contributed by atoms with Gasteiger partial charge in [0.25, 0.3) is 0 Å². The molecule has 2 atom stereocenters. The van der Waals surface area contributed by atoms with E-state index in [2.05, 4.69) is 80.5 Å². The van der Waals surface area contributed by atoms with E-state index in [-0.39, 0.29) is 35.1 Å². The highest BCUT2D eigenvalue weighted by atomic mass is 16.5. The van der Waals surface area contributed by atoms with Crippen molar-refractivity contribution in [3.63, 3.8) is 0 Å². The molecule has 0 unspecified atom stereocenters. The first kappa shape index (κ1) is 42.2. The lowest BCUT2D eigenvalue weighted by Crippen LogP contribution is -2.39. The SMILES string of the molecule is Cc1cc(-c2ncnc3[nH]c(-c4ccc(NCCNCCC5CCN(c6ccc([C@@H]7CCC(=O)NC7=O)cc6)CC5)nc4)cc23)ccc1[C@@H](C)NC(=O)c1nc(C(C)(C)C)no1. The molecule has 3 amide bonds. The summed E-state index contributed by atoms with van der Waals surface area (Å²) in [7, 11) is 0. The summed E-state index contributed by atoms with van der Waals surface area (Å²) in [5, 5.41) is 17.3. The minimum Gasteiger partial charge on any atom is -0.372 e. The molecular formula is C47H55N11O4. The van der Waals surface area contributed by atoms with Gasteiger partial charge in [0.15, 0.2) is 5.82 Å². The van der Waals surface area contributed by atoms with Gasteiger partial charge in [0, 0.05) is 72.1 Å². The minimum atomic E-state index is -0.414. The van der Waals surface area contributed by atoms with Crippen molar-refractivity contribution in [3.8, 4) is 22.5 Å². The lowest BCUT2D eigenvalue weighted by Gasteiger charge is -2.34. The number of rotatable bonds is 14. The fraction of sp³-hybridized carbons (Fsp3) is 0.404. The van der Waals surface area contributed by atoms with Crippen LogP contribution in [0, 0.1) is 12.8 Å². The third kappa shape index (κ3) is 9.68. The zero-order valence-electron chi connectivity index (χ0n) is 36.0. The summed E-state index contributed by atoms with van der Waals surface area (Å²) in [6.45, 7) is 14.5. The Bertz CT molecular complexity index is 2530. The molecule has 8 rings (SSSR count). The van der Waals surface area contributed by atoms with Crippen LogP contribution >= 0.6 is 0 Å². The van der Waals surface area contributed by atoms with Crippen LogP contribution in [0.25, 0.3) is 33.5 Å². The number of nitrogens with one attached hydrogen (secondary N) is 5. The van der Waals surface area contributed by atoms with E-state index in [1.807, 2.05) is 77.2 Å². The van der Waals surface area contributed by atoms with E-state index in [0.29, 0.717) is 24.6 Å². The van der Waals surface area contributed by atoms with Crippen molar-refractivity contribution in [3.05, 3.63) is 102 Å². The van der Waals surface area contributed by atoms with Gasteiger partial charge in [0.1, 0.15) is 17.8 Å². The summed E-state index contributed by atoms with van der Waals surface area (Å²) >= 11 is 0. The predicted octanol–water partition coefficient (Wildman–Crippen LogP) is 7.00. The second kappa shape index (κ2) is 18.2. The number of benzene rings is 2. The van der Waals surface area contributed by atoms with Gasteiger partial charge < -0.3 is 30.4 Å². The van der Waals surface area contributed by atoms with E-state index >= 15 is 0 Å². The van der Waals surface area contributed by atoms with Gasteiger partial charge >= 0.3 is 11.8 Å². The van der Waals surface area contributed by atoms with Gasteiger partial charge in [-0.1, -0.05) is 50.2 Å². The summed E-state index contributed by atoms with van der Waals surface area (Å²) in [6.07, 6.45) is 7.87. The van der Waals surface area contributed by atoms with Gasteiger partial charge in [0.2, 0.25) is 11.8 Å². The standard InChI is InChI=1S/C47H55N11O4/c1-28-24-32(8-12-35(28)29(2)53-44(61)45-56-46(57-62-45)47(3,4)5)41-37-25-38(54-42(37)52-27-51-41)33-9-14-39(50-26-33)49-21-20-48-19-16-30-17-22-58(23-18-30)34-10-6-31(7-11-34)36-13-15-40(59)55-43(36)60/h6-12,14,24-27,29-30,36,48H,13,15-23H2,1-5H3,(H,49,50)(H,53,61)(H,51,52,54)(H,55,59,60)/t29-,36+/m1/s1. The zero-order chi connectivity index (χ0) is 43.4. The molecule has 62 heavy (non-hydrogen) atoms. The molecule has 2 saturated heterocycles. The number of fused-ring (bicyclic) bond motifs is 1. The number of hydrogen-bond donors (Lipinski definition) is 5. The Labute approximate surface area is 361 Å². The van der Waals surface area contributed by atoms with Gasteiger partial charge in [-0.3, -0.25) is 19.7 Å². The Morgan fingerprint density at radius 3 is 2.44 bits per heavy atom. The molecule has 15 heteroatoms. The minimum absolute atomic E-state index is 0.0522. The number of anilines is 2. The van der Waals surface area contributed by atoms with Crippen molar-refractivity contribution in [2.24, 2.45) is 5.92 Å². The summed E-state index contributed by atoms with van der Waals surface area (Å²) in [5.74, 6) is 0.917. The van der Waals surface area contributed by atoms with Crippen LogP contribution in [0.5, 0.6) is 0 Å². The average Bonchev–Trinajstić information content (AvgIpc) is 3.95. The van der Waals surface area contributed by atoms with Gasteiger partial charge in [-0.05, 0) is 105 Å². The molecule has 6 aromatic rings. The van der Waals surface area contributed by atoms with Gasteiger partial charge in [-0.15, -0.1) is 0 Å². The maximum Gasteiger partial charge on any atom is 0.315 e. The number of carbonyl (C=O) groups is 3. The first-order valence-electron chi connectivity index (χ1n) is 21.6. The Balaban J connectivity index is 0.777. The number of aromatic nitrogens is 6. The summed E-state index contributed by atoms with van der Waals surface area (Å²) in [5.41, 5.74) is 8.15. The number of hydrogen-bond acceptors (Lipinski definition) is 12. The molecule has 0 radical (unpaired) electrons. The summed E-state index contributed by atoms with van der Waals surface area (Å²) in [6, 6.07) is 20.2. The molecule has 0 aliphatic carbocycles. The molecule has 0 bridgehead atoms. The lowest BCUT2D eigenvalue weighted by atomic mass is 9.90. The Morgan fingerprint density at radius 2 is 1.73 bits per heavy atom. The maximum atomic E-state index is 12.9. The summed E-state index contributed by atoms with van der Waals surface area (Å²) in [4.78, 5) is 60.7. The molecule has 2 aliphatic rings. The average molecular weight is 838 g/mol. The van der Waals surface area contributed by atoms with Crippen molar-refractivity contribution in [2.45, 2.75) is 84.1 Å². The van der Waals surface area contributed by atoms with E-state index in [9.17, 15) is 14.4 Å². The Kier molecular flexibility index (Phi) is 12.4. The third-order valence-corrected chi connectivity index (χ3v) is 12.0. The molecular weight excluding hydrogens is 783 g/mol. The highest BCUT2D eigenvalue weighted by molar-refractivity contribution is 6.01. The number of aryl methyl sites for hydroxylation is 1. The number of amides is 3.